The van der Waals surface area contributed by atoms with Gasteiger partial charge in [-0.2, -0.15) is 0 Å². The Morgan fingerprint density at radius 2 is 2.00 bits per heavy atom. The van der Waals surface area contributed by atoms with Gasteiger partial charge in [-0.1, -0.05) is 25.4 Å². The quantitative estimate of drug-likeness (QED) is 0.689. The maximum Gasteiger partial charge on any atom is 0.405 e. The SMILES string of the molecule is CC(C)Oc1cc(Cl)cc(-c2cc3c(cc2F)[C@H](NC(=O)O)C(C)(C)C3)c1. The monoisotopic (exact) mass is 391 g/mol. The van der Waals surface area contributed by atoms with Crippen molar-refractivity contribution in [1.29, 1.82) is 0 Å². The first kappa shape index (κ1) is 19.5. The van der Waals surface area contributed by atoms with Gasteiger partial charge in [0.25, 0.3) is 0 Å². The second-order valence-corrected chi connectivity index (χ2v) is 8.36. The van der Waals surface area contributed by atoms with Crippen molar-refractivity contribution >= 4 is 17.7 Å². The molecule has 1 aliphatic carbocycles. The summed E-state index contributed by atoms with van der Waals surface area (Å²) in [6.07, 6.45) is -0.489. The van der Waals surface area contributed by atoms with Crippen molar-refractivity contribution in [1.82, 2.24) is 5.32 Å². The number of rotatable bonds is 4. The number of halogens is 2. The summed E-state index contributed by atoms with van der Waals surface area (Å²) in [4.78, 5) is 11.2. The van der Waals surface area contributed by atoms with Gasteiger partial charge < -0.3 is 15.2 Å². The highest BCUT2D eigenvalue weighted by molar-refractivity contribution is 6.31. The average molecular weight is 392 g/mol. The first-order valence-corrected chi connectivity index (χ1v) is 9.24. The summed E-state index contributed by atoms with van der Waals surface area (Å²) in [6.45, 7) is 7.76. The van der Waals surface area contributed by atoms with Crippen LogP contribution >= 0.6 is 11.6 Å². The molecule has 2 N–H and O–H groups in total. The third-order valence-electron chi connectivity index (χ3n) is 4.79. The van der Waals surface area contributed by atoms with Gasteiger partial charge in [-0.15, -0.1) is 0 Å². The second-order valence-electron chi connectivity index (χ2n) is 7.92. The van der Waals surface area contributed by atoms with E-state index >= 15 is 0 Å². The number of fused-ring (bicyclic) bond motifs is 1. The van der Waals surface area contributed by atoms with Crippen LogP contribution in [0, 0.1) is 11.2 Å². The van der Waals surface area contributed by atoms with Crippen LogP contribution in [0.1, 0.15) is 44.9 Å². The average Bonchev–Trinajstić information content (AvgIpc) is 2.75. The van der Waals surface area contributed by atoms with E-state index in [0.29, 0.717) is 33.9 Å². The Balaban J connectivity index is 2.06. The standard InChI is InChI=1S/C21H23ClFNO3/c1-11(2)27-15-6-12(5-14(22)8-15)16-7-13-10-21(3,4)19(24-20(25)26)17(13)9-18(16)23/h5-9,11,19,24H,10H2,1-4H3,(H,25,26)/t19-/m0/s1. The molecule has 0 aromatic heterocycles. The molecule has 1 atom stereocenters. The van der Waals surface area contributed by atoms with Crippen molar-refractivity contribution in [3.63, 3.8) is 0 Å². The van der Waals surface area contributed by atoms with Crippen LogP contribution in [0.15, 0.2) is 30.3 Å². The topological polar surface area (TPSA) is 58.6 Å². The van der Waals surface area contributed by atoms with Gasteiger partial charge >= 0.3 is 6.09 Å². The second kappa shape index (κ2) is 7.04. The summed E-state index contributed by atoms with van der Waals surface area (Å²) in [5.74, 6) is 0.166. The summed E-state index contributed by atoms with van der Waals surface area (Å²) in [7, 11) is 0. The highest BCUT2D eigenvalue weighted by Crippen LogP contribution is 2.47. The molecule has 144 valence electrons. The van der Waals surface area contributed by atoms with Crippen LogP contribution < -0.4 is 10.1 Å². The maximum atomic E-state index is 15.0. The van der Waals surface area contributed by atoms with Gasteiger partial charge in [-0.25, -0.2) is 9.18 Å². The fourth-order valence-corrected chi connectivity index (χ4v) is 3.97. The third-order valence-corrected chi connectivity index (χ3v) is 5.01. The Labute approximate surface area is 163 Å². The minimum atomic E-state index is -1.12. The summed E-state index contributed by atoms with van der Waals surface area (Å²) < 4.78 is 20.7. The zero-order valence-electron chi connectivity index (χ0n) is 15.8. The molecule has 0 saturated carbocycles. The Kier molecular flexibility index (Phi) is 5.08. The van der Waals surface area contributed by atoms with E-state index in [1.165, 1.54) is 6.07 Å². The molecule has 0 spiro atoms. The number of carboxylic acid groups (broad SMARTS) is 1. The van der Waals surface area contributed by atoms with E-state index in [9.17, 15) is 9.18 Å². The smallest absolute Gasteiger partial charge is 0.405 e. The predicted octanol–water partition coefficient (Wildman–Crippen LogP) is 5.82. The third kappa shape index (κ3) is 4.03. The molecule has 27 heavy (non-hydrogen) atoms. The van der Waals surface area contributed by atoms with Crippen LogP contribution in [0.4, 0.5) is 9.18 Å². The number of nitrogens with one attached hydrogen (secondary N) is 1. The Morgan fingerprint density at radius 3 is 2.63 bits per heavy atom. The zero-order valence-corrected chi connectivity index (χ0v) is 16.5. The molecule has 0 radical (unpaired) electrons. The number of carbonyl (C=O) groups is 1. The molecule has 2 aromatic carbocycles. The molecule has 1 amide bonds. The lowest BCUT2D eigenvalue weighted by molar-refractivity contribution is 0.175. The summed E-state index contributed by atoms with van der Waals surface area (Å²) in [5.41, 5.74) is 2.33. The fourth-order valence-electron chi connectivity index (χ4n) is 3.75. The van der Waals surface area contributed by atoms with Crippen molar-refractivity contribution < 1.29 is 19.0 Å². The van der Waals surface area contributed by atoms with E-state index < -0.39 is 18.0 Å². The lowest BCUT2D eigenvalue weighted by Crippen LogP contribution is -2.34. The number of benzene rings is 2. The largest absolute Gasteiger partial charge is 0.491 e. The first-order valence-electron chi connectivity index (χ1n) is 8.86. The minimum Gasteiger partial charge on any atom is -0.491 e. The van der Waals surface area contributed by atoms with Crippen LogP contribution in [0.5, 0.6) is 5.75 Å². The van der Waals surface area contributed by atoms with Crippen LogP contribution in [0.2, 0.25) is 5.02 Å². The van der Waals surface area contributed by atoms with Gasteiger partial charge in [-0.3, -0.25) is 0 Å². The first-order chi connectivity index (χ1) is 12.6. The molecule has 0 aliphatic heterocycles. The van der Waals surface area contributed by atoms with Gasteiger partial charge in [-0.05, 0) is 72.7 Å². The molecule has 0 heterocycles. The molecule has 1 aliphatic rings. The molecule has 0 saturated heterocycles. The van der Waals surface area contributed by atoms with Gasteiger partial charge in [0, 0.05) is 10.6 Å². The van der Waals surface area contributed by atoms with E-state index in [1.807, 2.05) is 27.7 Å². The predicted molar refractivity (Wildman–Crippen MR) is 104 cm³/mol. The molecule has 0 unspecified atom stereocenters. The molecule has 3 rings (SSSR count). The van der Waals surface area contributed by atoms with Crippen molar-refractivity contribution in [2.45, 2.75) is 46.3 Å². The highest BCUT2D eigenvalue weighted by atomic mass is 35.5. The Bertz CT molecular complexity index is 895. The van der Waals surface area contributed by atoms with E-state index in [-0.39, 0.29) is 11.5 Å². The molecule has 6 heteroatoms. The number of amides is 1. The summed E-state index contributed by atoms with van der Waals surface area (Å²) in [5, 5.41) is 12.1. The molecule has 0 fully saturated rings. The lowest BCUT2D eigenvalue weighted by atomic mass is 9.85. The summed E-state index contributed by atoms with van der Waals surface area (Å²) in [6, 6.07) is 7.94. The fraction of sp³-hybridized carbons (Fsp3) is 0.381. The molecule has 2 aromatic rings. The number of ether oxygens (including phenoxy) is 1. The Hall–Kier alpha value is -2.27. The molecular formula is C21H23ClFNO3. The minimum absolute atomic E-state index is 0.0233. The van der Waals surface area contributed by atoms with E-state index in [4.69, 9.17) is 21.4 Å². The highest BCUT2D eigenvalue weighted by Gasteiger charge is 2.40. The molecule has 0 bridgehead atoms. The van der Waals surface area contributed by atoms with Gasteiger partial charge in [0.05, 0.1) is 12.1 Å². The van der Waals surface area contributed by atoms with Crippen molar-refractivity contribution in [3.05, 3.63) is 52.3 Å². The van der Waals surface area contributed by atoms with Crippen LogP contribution in [-0.4, -0.2) is 17.3 Å². The van der Waals surface area contributed by atoms with Crippen LogP contribution in [-0.2, 0) is 6.42 Å². The maximum absolute atomic E-state index is 15.0. The van der Waals surface area contributed by atoms with Crippen molar-refractivity contribution in [2.75, 3.05) is 0 Å². The Morgan fingerprint density at radius 1 is 1.30 bits per heavy atom. The van der Waals surface area contributed by atoms with Gasteiger partial charge in [0.1, 0.15) is 11.6 Å². The number of hydrogen-bond donors (Lipinski definition) is 2. The van der Waals surface area contributed by atoms with E-state index in [1.54, 1.807) is 24.3 Å². The van der Waals surface area contributed by atoms with Crippen molar-refractivity contribution in [2.24, 2.45) is 5.41 Å². The van der Waals surface area contributed by atoms with E-state index in [2.05, 4.69) is 5.32 Å². The van der Waals surface area contributed by atoms with Crippen molar-refractivity contribution in [3.8, 4) is 16.9 Å². The zero-order chi connectivity index (χ0) is 19.9. The number of hydrogen-bond acceptors (Lipinski definition) is 2. The van der Waals surface area contributed by atoms with E-state index in [0.717, 1.165) is 5.56 Å². The van der Waals surface area contributed by atoms with Gasteiger partial charge in [0.2, 0.25) is 0 Å². The van der Waals surface area contributed by atoms with Crippen LogP contribution in [0.25, 0.3) is 11.1 Å². The van der Waals surface area contributed by atoms with Gasteiger partial charge in [0.15, 0.2) is 0 Å². The summed E-state index contributed by atoms with van der Waals surface area (Å²) >= 11 is 6.20. The normalized spacial score (nSPS) is 17.7. The van der Waals surface area contributed by atoms with Crippen LogP contribution in [0.3, 0.4) is 0 Å². The lowest BCUT2D eigenvalue weighted by Gasteiger charge is -2.27. The molecular weight excluding hydrogens is 369 g/mol. The molecule has 4 nitrogen and oxygen atoms in total.